The number of para-hydroxylation sites is 1. The highest BCUT2D eigenvalue weighted by atomic mass is 16.6. The van der Waals surface area contributed by atoms with Gasteiger partial charge in [-0.25, -0.2) is 0 Å². The summed E-state index contributed by atoms with van der Waals surface area (Å²) in [5, 5.41) is 14.5. The molecule has 7 nitrogen and oxygen atoms in total. The van der Waals surface area contributed by atoms with Crippen LogP contribution in [0.2, 0.25) is 0 Å². The van der Waals surface area contributed by atoms with E-state index < -0.39 is 4.92 Å². The summed E-state index contributed by atoms with van der Waals surface area (Å²) < 4.78 is 5.77. The van der Waals surface area contributed by atoms with Crippen molar-refractivity contribution < 1.29 is 9.34 Å². The van der Waals surface area contributed by atoms with E-state index in [0.717, 1.165) is 19.6 Å². The van der Waals surface area contributed by atoms with Crippen molar-refractivity contribution in [3.8, 4) is 0 Å². The van der Waals surface area contributed by atoms with Crippen molar-refractivity contribution in [2.45, 2.75) is 13.0 Å². The zero-order chi connectivity index (χ0) is 14.6. The Labute approximate surface area is 121 Å². The Morgan fingerprint density at radius 2 is 2.33 bits per heavy atom. The van der Waals surface area contributed by atoms with Crippen LogP contribution in [0.4, 0.5) is 11.7 Å². The van der Waals surface area contributed by atoms with Crippen molar-refractivity contribution in [3.63, 3.8) is 0 Å². The second-order valence-electron chi connectivity index (χ2n) is 5.85. The molecule has 110 valence electrons. The maximum absolute atomic E-state index is 11.1. The highest BCUT2D eigenvalue weighted by Gasteiger charge is 2.43. The summed E-state index contributed by atoms with van der Waals surface area (Å²) in [7, 11) is 0. The third-order valence-corrected chi connectivity index (χ3v) is 4.76. The molecule has 21 heavy (non-hydrogen) atoms. The number of rotatable bonds is 2. The van der Waals surface area contributed by atoms with Gasteiger partial charge < -0.3 is 14.6 Å². The molecule has 0 aliphatic carbocycles. The van der Waals surface area contributed by atoms with E-state index in [2.05, 4.69) is 22.1 Å². The monoisotopic (exact) mass is 288 g/mol. The van der Waals surface area contributed by atoms with Crippen LogP contribution < -0.4 is 10.2 Å². The van der Waals surface area contributed by atoms with E-state index >= 15 is 0 Å². The van der Waals surface area contributed by atoms with Crippen molar-refractivity contribution in [2.75, 3.05) is 24.5 Å². The molecular formula is C14H16N4O3. The zero-order valence-corrected chi connectivity index (χ0v) is 11.7. The van der Waals surface area contributed by atoms with Gasteiger partial charge >= 0.3 is 0 Å². The molecule has 0 spiro atoms. The number of hydrogen-bond donors (Lipinski definition) is 1. The molecule has 2 saturated heterocycles. The third kappa shape index (κ3) is 1.80. The molecule has 0 bridgehead atoms. The summed E-state index contributed by atoms with van der Waals surface area (Å²) in [5.41, 5.74) is 0.803. The number of benzene rings is 1. The summed E-state index contributed by atoms with van der Waals surface area (Å²) in [4.78, 5) is 17.2. The van der Waals surface area contributed by atoms with Crippen LogP contribution in [0.1, 0.15) is 6.92 Å². The van der Waals surface area contributed by atoms with Gasteiger partial charge in [0.1, 0.15) is 0 Å². The molecule has 1 aromatic heterocycles. The van der Waals surface area contributed by atoms with E-state index in [1.54, 1.807) is 12.1 Å². The Balaban J connectivity index is 1.75. The first-order valence-electron chi connectivity index (χ1n) is 7.16. The molecule has 3 atom stereocenters. The van der Waals surface area contributed by atoms with Crippen molar-refractivity contribution in [2.24, 2.45) is 11.8 Å². The average molecular weight is 288 g/mol. The van der Waals surface area contributed by atoms with Crippen molar-refractivity contribution in [3.05, 3.63) is 28.3 Å². The number of nitro benzene ring substituents is 1. The highest BCUT2D eigenvalue weighted by Crippen LogP contribution is 2.37. The van der Waals surface area contributed by atoms with E-state index in [-0.39, 0.29) is 5.69 Å². The Bertz CT molecular complexity index is 713. The summed E-state index contributed by atoms with van der Waals surface area (Å²) in [6.07, 6.45) is 0. The minimum atomic E-state index is -0.416. The van der Waals surface area contributed by atoms with Crippen LogP contribution in [-0.2, 0) is 0 Å². The van der Waals surface area contributed by atoms with Gasteiger partial charge in [-0.3, -0.25) is 10.1 Å². The fraction of sp³-hybridized carbons (Fsp3) is 0.500. The van der Waals surface area contributed by atoms with Gasteiger partial charge in [-0.1, -0.05) is 6.07 Å². The molecule has 4 rings (SSSR count). The molecule has 2 aliphatic heterocycles. The molecule has 2 aromatic rings. The van der Waals surface area contributed by atoms with Gasteiger partial charge in [-0.15, -0.1) is 0 Å². The summed E-state index contributed by atoms with van der Waals surface area (Å²) in [6, 6.07) is 5.64. The Kier molecular flexibility index (Phi) is 2.65. The highest BCUT2D eigenvalue weighted by molar-refractivity contribution is 5.84. The smallest absolute Gasteiger partial charge is 0.298 e. The minimum absolute atomic E-state index is 0.00351. The quantitative estimate of drug-likeness (QED) is 0.670. The van der Waals surface area contributed by atoms with Crippen LogP contribution in [0.3, 0.4) is 0 Å². The largest absolute Gasteiger partial charge is 0.423 e. The number of aromatic nitrogens is 1. The second kappa shape index (κ2) is 4.42. The second-order valence-corrected chi connectivity index (χ2v) is 5.85. The SMILES string of the molecule is CC1C2CNCC2CN1c1nc2c([N+](=O)[O-])cccc2o1. The summed E-state index contributed by atoms with van der Waals surface area (Å²) in [5.74, 6) is 1.19. The molecule has 1 N–H and O–H groups in total. The lowest BCUT2D eigenvalue weighted by molar-refractivity contribution is -0.383. The molecule has 1 aromatic carbocycles. The van der Waals surface area contributed by atoms with Crippen molar-refractivity contribution >= 4 is 22.8 Å². The Morgan fingerprint density at radius 1 is 1.48 bits per heavy atom. The Hall–Kier alpha value is -2.15. The number of hydrogen-bond acceptors (Lipinski definition) is 6. The molecule has 7 heteroatoms. The van der Waals surface area contributed by atoms with Gasteiger partial charge in [0, 0.05) is 31.7 Å². The van der Waals surface area contributed by atoms with E-state index in [1.807, 2.05) is 0 Å². The van der Waals surface area contributed by atoms with Crippen LogP contribution in [0.25, 0.3) is 11.1 Å². The molecule has 0 radical (unpaired) electrons. The number of nitrogens with one attached hydrogen (secondary N) is 1. The molecule has 2 fully saturated rings. The van der Waals surface area contributed by atoms with Crippen LogP contribution in [-0.4, -0.2) is 35.6 Å². The number of nitrogens with zero attached hydrogens (tertiary/aromatic N) is 3. The maximum Gasteiger partial charge on any atom is 0.298 e. The summed E-state index contributed by atoms with van der Waals surface area (Å²) in [6.45, 7) is 5.09. The fourth-order valence-electron chi connectivity index (χ4n) is 3.61. The first-order valence-corrected chi connectivity index (χ1v) is 7.16. The maximum atomic E-state index is 11.1. The van der Waals surface area contributed by atoms with Gasteiger partial charge in [0.25, 0.3) is 11.7 Å². The normalized spacial score (nSPS) is 28.2. The fourth-order valence-corrected chi connectivity index (χ4v) is 3.61. The molecule has 2 aliphatic rings. The van der Waals surface area contributed by atoms with E-state index in [9.17, 15) is 10.1 Å². The number of anilines is 1. The lowest BCUT2D eigenvalue weighted by Gasteiger charge is -2.22. The van der Waals surface area contributed by atoms with E-state index in [1.165, 1.54) is 6.07 Å². The van der Waals surface area contributed by atoms with Gasteiger partial charge in [0.05, 0.1) is 4.92 Å². The van der Waals surface area contributed by atoms with Gasteiger partial charge in [0.2, 0.25) is 0 Å². The minimum Gasteiger partial charge on any atom is -0.423 e. The van der Waals surface area contributed by atoms with Gasteiger partial charge in [0.15, 0.2) is 11.1 Å². The van der Waals surface area contributed by atoms with Crippen LogP contribution >= 0.6 is 0 Å². The topological polar surface area (TPSA) is 84.4 Å². The summed E-state index contributed by atoms with van der Waals surface area (Å²) >= 11 is 0. The number of fused-ring (bicyclic) bond motifs is 2. The zero-order valence-electron chi connectivity index (χ0n) is 11.7. The van der Waals surface area contributed by atoms with Crippen LogP contribution in [0, 0.1) is 22.0 Å². The third-order valence-electron chi connectivity index (χ3n) is 4.76. The predicted octanol–water partition coefficient (Wildman–Crippen LogP) is 1.78. The molecular weight excluding hydrogens is 272 g/mol. The standard InChI is InChI=1S/C14H16N4O3/c1-8-10-6-15-5-9(10)7-17(8)14-16-13-11(18(19)20)3-2-4-12(13)21-14/h2-4,8-10,15H,5-7H2,1H3. The van der Waals surface area contributed by atoms with Crippen LogP contribution in [0.15, 0.2) is 22.6 Å². The molecule has 0 saturated carbocycles. The van der Waals surface area contributed by atoms with Crippen molar-refractivity contribution in [1.82, 2.24) is 10.3 Å². The molecule has 3 unspecified atom stereocenters. The number of non-ortho nitro benzene ring substituents is 1. The van der Waals surface area contributed by atoms with E-state index in [4.69, 9.17) is 4.42 Å². The number of nitro groups is 1. The molecule has 0 amide bonds. The molecule has 3 heterocycles. The van der Waals surface area contributed by atoms with Gasteiger partial charge in [-0.2, -0.15) is 4.98 Å². The first-order chi connectivity index (χ1) is 10.1. The van der Waals surface area contributed by atoms with Gasteiger partial charge in [-0.05, 0) is 24.8 Å². The first kappa shape index (κ1) is 12.6. The van der Waals surface area contributed by atoms with E-state index in [0.29, 0.717) is 35.0 Å². The lowest BCUT2D eigenvalue weighted by Crippen LogP contribution is -2.33. The average Bonchev–Trinajstić information content (AvgIpc) is 3.13. The predicted molar refractivity (Wildman–Crippen MR) is 77.3 cm³/mol. The van der Waals surface area contributed by atoms with Crippen LogP contribution in [0.5, 0.6) is 0 Å². The lowest BCUT2D eigenvalue weighted by atomic mass is 9.95. The Morgan fingerprint density at radius 3 is 3.10 bits per heavy atom. The van der Waals surface area contributed by atoms with Crippen molar-refractivity contribution in [1.29, 1.82) is 0 Å². The number of oxazole rings is 1.